The first-order chi connectivity index (χ1) is 9.61. The monoisotopic (exact) mass is 344 g/mol. The van der Waals surface area contributed by atoms with Gasteiger partial charge in [-0.1, -0.05) is 32.4 Å². The summed E-state index contributed by atoms with van der Waals surface area (Å²) in [7, 11) is 0. The van der Waals surface area contributed by atoms with E-state index in [1.54, 1.807) is 12.4 Å². The summed E-state index contributed by atoms with van der Waals surface area (Å²) in [6.07, 6.45) is 4.33. The first-order valence-corrected chi connectivity index (χ1v) is 6.78. The van der Waals surface area contributed by atoms with Crippen LogP contribution in [0.4, 0.5) is 5.69 Å². The van der Waals surface area contributed by atoms with Gasteiger partial charge in [-0.05, 0) is 18.1 Å². The fraction of sp³-hybridized carbons (Fsp3) is 0.333. The summed E-state index contributed by atoms with van der Waals surface area (Å²) in [6.45, 7) is 4.00. The maximum Gasteiger partial charge on any atom is 0.241 e. The zero-order chi connectivity index (χ0) is 14.5. The van der Waals surface area contributed by atoms with Gasteiger partial charge in [0.2, 0.25) is 5.91 Å². The van der Waals surface area contributed by atoms with Crippen molar-refractivity contribution in [2.24, 2.45) is 11.7 Å². The minimum Gasteiger partial charge on any atom is -0.345 e. The summed E-state index contributed by atoms with van der Waals surface area (Å²) >= 11 is 0. The van der Waals surface area contributed by atoms with Crippen LogP contribution in [0.1, 0.15) is 20.3 Å². The van der Waals surface area contributed by atoms with Crippen LogP contribution >= 0.6 is 24.8 Å². The largest absolute Gasteiger partial charge is 0.345 e. The normalized spacial score (nSPS) is 12.5. The molecule has 0 bridgehead atoms. The van der Waals surface area contributed by atoms with Crippen molar-refractivity contribution < 1.29 is 4.79 Å². The molecule has 2 unspecified atom stereocenters. The van der Waals surface area contributed by atoms with Crippen molar-refractivity contribution in [3.63, 3.8) is 0 Å². The molecule has 2 rings (SSSR count). The molecular formula is C15H22Cl2N4O. The quantitative estimate of drug-likeness (QED) is 0.778. The maximum atomic E-state index is 12.1. The number of rotatable bonds is 5. The molecule has 2 aromatic rings. The Morgan fingerprint density at radius 1 is 1.41 bits per heavy atom. The summed E-state index contributed by atoms with van der Waals surface area (Å²) in [4.78, 5) is 19.3. The van der Waals surface area contributed by atoms with Gasteiger partial charge in [-0.3, -0.25) is 4.79 Å². The average Bonchev–Trinajstić information content (AvgIpc) is 3.00. The Bertz CT molecular complexity index is 575. The Hall–Kier alpha value is -1.56. The average molecular weight is 345 g/mol. The number of hydrogen-bond acceptors (Lipinski definition) is 3. The van der Waals surface area contributed by atoms with E-state index >= 15 is 0 Å². The molecule has 0 aliphatic heterocycles. The zero-order valence-corrected chi connectivity index (χ0v) is 14.2. The van der Waals surface area contributed by atoms with Crippen LogP contribution in [0.3, 0.4) is 0 Å². The van der Waals surface area contributed by atoms with Gasteiger partial charge in [-0.15, -0.1) is 24.8 Å². The van der Waals surface area contributed by atoms with Gasteiger partial charge in [0, 0.05) is 23.6 Å². The van der Waals surface area contributed by atoms with E-state index in [4.69, 9.17) is 5.73 Å². The van der Waals surface area contributed by atoms with Crippen LogP contribution in [0, 0.1) is 5.92 Å². The van der Waals surface area contributed by atoms with E-state index < -0.39 is 6.04 Å². The third-order valence-corrected chi connectivity index (χ3v) is 3.46. The van der Waals surface area contributed by atoms with E-state index in [-0.39, 0.29) is 36.6 Å². The van der Waals surface area contributed by atoms with Crippen LogP contribution in [0.2, 0.25) is 0 Å². The van der Waals surface area contributed by atoms with Gasteiger partial charge in [-0.25, -0.2) is 4.98 Å². The molecule has 1 aromatic heterocycles. The van der Waals surface area contributed by atoms with Crippen LogP contribution < -0.4 is 11.1 Å². The van der Waals surface area contributed by atoms with Crippen molar-refractivity contribution in [3.8, 4) is 11.4 Å². The third kappa shape index (κ3) is 5.02. The number of hydrogen-bond donors (Lipinski definition) is 3. The summed E-state index contributed by atoms with van der Waals surface area (Å²) in [5, 5.41) is 2.85. The number of carbonyl (C=O) groups excluding carboxylic acids is 1. The highest BCUT2D eigenvalue weighted by molar-refractivity contribution is 5.95. The van der Waals surface area contributed by atoms with Gasteiger partial charge in [0.25, 0.3) is 0 Å². The Morgan fingerprint density at radius 3 is 2.73 bits per heavy atom. The topological polar surface area (TPSA) is 83.8 Å². The van der Waals surface area contributed by atoms with E-state index in [0.29, 0.717) is 0 Å². The van der Waals surface area contributed by atoms with Crippen LogP contribution in [0.15, 0.2) is 36.7 Å². The molecule has 5 nitrogen and oxygen atoms in total. The standard InChI is InChI=1S/C15H20N4O.2ClH/c1-3-10(2)13(16)15(20)19-12-6-4-5-11(9-12)14-17-7-8-18-14;;/h4-10,13H,3,16H2,1-2H3,(H,17,18)(H,19,20);2*1H. The zero-order valence-electron chi connectivity index (χ0n) is 12.6. The maximum absolute atomic E-state index is 12.1. The van der Waals surface area contributed by atoms with E-state index in [1.165, 1.54) is 0 Å². The smallest absolute Gasteiger partial charge is 0.241 e. The molecule has 2 atom stereocenters. The van der Waals surface area contributed by atoms with Crippen molar-refractivity contribution in [1.29, 1.82) is 0 Å². The lowest BCUT2D eigenvalue weighted by molar-refractivity contribution is -0.118. The Labute approximate surface area is 142 Å². The molecule has 0 aliphatic rings. The van der Waals surface area contributed by atoms with Crippen LogP contribution in [-0.2, 0) is 4.79 Å². The molecule has 0 radical (unpaired) electrons. The Balaban J connectivity index is 0.00000220. The second kappa shape index (κ2) is 9.46. The number of halogens is 2. The molecule has 1 aromatic carbocycles. The first-order valence-electron chi connectivity index (χ1n) is 6.78. The number of nitrogens with zero attached hydrogens (tertiary/aromatic N) is 1. The van der Waals surface area contributed by atoms with E-state index in [1.807, 2.05) is 38.1 Å². The lowest BCUT2D eigenvalue weighted by Crippen LogP contribution is -2.40. The molecule has 7 heteroatoms. The number of amides is 1. The number of nitrogens with two attached hydrogens (primary N) is 1. The molecule has 22 heavy (non-hydrogen) atoms. The highest BCUT2D eigenvalue weighted by Crippen LogP contribution is 2.19. The number of H-pyrrole nitrogens is 1. The Kier molecular flexibility index (Phi) is 8.79. The van der Waals surface area contributed by atoms with Gasteiger partial charge in [0.15, 0.2) is 0 Å². The van der Waals surface area contributed by atoms with Gasteiger partial charge in [-0.2, -0.15) is 0 Å². The van der Waals surface area contributed by atoms with Crippen LogP contribution in [0.25, 0.3) is 11.4 Å². The fourth-order valence-electron chi connectivity index (χ4n) is 1.91. The van der Waals surface area contributed by atoms with Gasteiger partial charge in [0.05, 0.1) is 6.04 Å². The minimum absolute atomic E-state index is 0. The molecular weight excluding hydrogens is 323 g/mol. The van der Waals surface area contributed by atoms with Gasteiger partial charge in [0.1, 0.15) is 5.82 Å². The molecule has 0 spiro atoms. The summed E-state index contributed by atoms with van der Waals surface area (Å²) in [5.74, 6) is 0.770. The molecule has 122 valence electrons. The number of nitrogens with one attached hydrogen (secondary N) is 2. The minimum atomic E-state index is -0.493. The highest BCUT2D eigenvalue weighted by atomic mass is 35.5. The lowest BCUT2D eigenvalue weighted by atomic mass is 9.99. The number of carbonyl (C=O) groups is 1. The fourth-order valence-corrected chi connectivity index (χ4v) is 1.91. The lowest BCUT2D eigenvalue weighted by Gasteiger charge is -2.17. The summed E-state index contributed by atoms with van der Waals surface area (Å²) in [5.41, 5.74) is 7.57. The predicted octanol–water partition coefficient (Wildman–Crippen LogP) is 3.23. The van der Waals surface area contributed by atoms with Crippen LogP contribution in [0.5, 0.6) is 0 Å². The van der Waals surface area contributed by atoms with E-state index in [0.717, 1.165) is 23.5 Å². The summed E-state index contributed by atoms with van der Waals surface area (Å²) in [6, 6.07) is 7.03. The molecule has 4 N–H and O–H groups in total. The number of aromatic amines is 1. The van der Waals surface area contributed by atoms with Crippen molar-refractivity contribution in [3.05, 3.63) is 36.7 Å². The van der Waals surface area contributed by atoms with E-state index in [9.17, 15) is 4.79 Å². The third-order valence-electron chi connectivity index (χ3n) is 3.46. The second-order valence-electron chi connectivity index (χ2n) is 4.92. The molecule has 0 aliphatic carbocycles. The van der Waals surface area contributed by atoms with Crippen molar-refractivity contribution >= 4 is 36.4 Å². The molecule has 0 saturated carbocycles. The highest BCUT2D eigenvalue weighted by Gasteiger charge is 2.19. The molecule has 1 heterocycles. The molecule has 0 fully saturated rings. The first kappa shape index (κ1) is 20.4. The number of aromatic nitrogens is 2. The van der Waals surface area contributed by atoms with E-state index in [2.05, 4.69) is 15.3 Å². The Morgan fingerprint density at radius 2 is 2.14 bits per heavy atom. The SMILES string of the molecule is CCC(C)C(N)C(=O)Nc1cccc(-c2ncc[nH]2)c1.Cl.Cl. The summed E-state index contributed by atoms with van der Waals surface area (Å²) < 4.78 is 0. The van der Waals surface area contributed by atoms with Crippen molar-refractivity contribution in [2.45, 2.75) is 26.3 Å². The second-order valence-corrected chi connectivity index (χ2v) is 4.92. The molecule has 0 saturated heterocycles. The molecule has 1 amide bonds. The number of anilines is 1. The number of imidazole rings is 1. The predicted molar refractivity (Wildman–Crippen MR) is 94.6 cm³/mol. The van der Waals surface area contributed by atoms with Crippen LogP contribution in [-0.4, -0.2) is 21.9 Å². The van der Waals surface area contributed by atoms with Gasteiger partial charge >= 0.3 is 0 Å². The van der Waals surface area contributed by atoms with Crippen molar-refractivity contribution in [2.75, 3.05) is 5.32 Å². The van der Waals surface area contributed by atoms with Crippen molar-refractivity contribution in [1.82, 2.24) is 9.97 Å². The number of benzene rings is 1. The van der Waals surface area contributed by atoms with Gasteiger partial charge < -0.3 is 16.0 Å².